The first-order chi connectivity index (χ1) is 16.4. The van der Waals surface area contributed by atoms with Crippen LogP contribution in [0, 0.1) is 0 Å². The second kappa shape index (κ2) is 10.6. The summed E-state index contributed by atoms with van der Waals surface area (Å²) in [7, 11) is 0. The SMILES string of the molecule is CCCCCC1CN(CC(=O)N2CCCCC2C(=O)O)C(=O)c2cc(-c3ccc(Cl)cc3)nn21. The number of piperidine rings is 1. The van der Waals surface area contributed by atoms with Crippen LogP contribution in [-0.4, -0.2) is 68.1 Å². The lowest BCUT2D eigenvalue weighted by molar-refractivity contribution is -0.152. The fraction of sp³-hybridized carbons (Fsp3) is 0.520. The Labute approximate surface area is 204 Å². The van der Waals surface area contributed by atoms with Crippen LogP contribution in [0.5, 0.6) is 0 Å². The van der Waals surface area contributed by atoms with Crippen LogP contribution < -0.4 is 0 Å². The zero-order chi connectivity index (χ0) is 24.2. The summed E-state index contributed by atoms with van der Waals surface area (Å²) in [6, 6.07) is 8.24. The maximum absolute atomic E-state index is 13.4. The maximum Gasteiger partial charge on any atom is 0.326 e. The number of fused-ring (bicyclic) bond motifs is 1. The number of aromatic nitrogens is 2. The topological polar surface area (TPSA) is 95.7 Å². The monoisotopic (exact) mass is 486 g/mol. The Balaban J connectivity index is 1.58. The third-order valence-electron chi connectivity index (χ3n) is 6.73. The van der Waals surface area contributed by atoms with Crippen molar-refractivity contribution in [2.24, 2.45) is 0 Å². The van der Waals surface area contributed by atoms with E-state index in [0.717, 1.165) is 44.1 Å². The maximum atomic E-state index is 13.4. The van der Waals surface area contributed by atoms with Gasteiger partial charge in [0.1, 0.15) is 18.3 Å². The molecule has 3 heterocycles. The molecule has 2 aliphatic rings. The van der Waals surface area contributed by atoms with Gasteiger partial charge in [-0.05, 0) is 43.9 Å². The lowest BCUT2D eigenvalue weighted by Crippen LogP contribution is -2.53. The lowest BCUT2D eigenvalue weighted by Gasteiger charge is -2.37. The minimum absolute atomic E-state index is 0.0373. The number of rotatable bonds is 8. The Morgan fingerprint density at radius 1 is 1.18 bits per heavy atom. The van der Waals surface area contributed by atoms with Gasteiger partial charge in [0.05, 0.1) is 11.7 Å². The van der Waals surface area contributed by atoms with Gasteiger partial charge in [0.25, 0.3) is 5.91 Å². The second-order valence-corrected chi connectivity index (χ2v) is 9.57. The molecule has 9 heteroatoms. The van der Waals surface area contributed by atoms with Crippen molar-refractivity contribution in [3.05, 3.63) is 41.0 Å². The molecule has 0 aliphatic carbocycles. The molecule has 34 heavy (non-hydrogen) atoms. The first-order valence-electron chi connectivity index (χ1n) is 12.1. The number of hydrogen-bond donors (Lipinski definition) is 1. The quantitative estimate of drug-likeness (QED) is 0.563. The van der Waals surface area contributed by atoms with E-state index < -0.39 is 12.0 Å². The highest BCUT2D eigenvalue weighted by molar-refractivity contribution is 6.30. The van der Waals surface area contributed by atoms with E-state index in [2.05, 4.69) is 6.92 Å². The molecule has 1 N–H and O–H groups in total. The molecule has 182 valence electrons. The number of benzene rings is 1. The number of halogens is 1. The van der Waals surface area contributed by atoms with Gasteiger partial charge in [-0.1, -0.05) is 49.9 Å². The molecule has 4 rings (SSSR count). The number of carbonyl (C=O) groups is 3. The van der Waals surface area contributed by atoms with Crippen molar-refractivity contribution in [1.82, 2.24) is 19.6 Å². The molecule has 0 bridgehead atoms. The van der Waals surface area contributed by atoms with Gasteiger partial charge in [-0.3, -0.25) is 14.3 Å². The van der Waals surface area contributed by atoms with Crippen molar-refractivity contribution >= 4 is 29.4 Å². The summed E-state index contributed by atoms with van der Waals surface area (Å²) in [6.07, 6.45) is 6.03. The number of hydrogen-bond acceptors (Lipinski definition) is 4. The highest BCUT2D eigenvalue weighted by atomic mass is 35.5. The van der Waals surface area contributed by atoms with E-state index in [9.17, 15) is 19.5 Å². The molecule has 0 saturated carbocycles. The Bertz CT molecular complexity index is 1050. The van der Waals surface area contributed by atoms with Crippen LogP contribution in [0.1, 0.15) is 68.4 Å². The Hall–Kier alpha value is -2.87. The van der Waals surface area contributed by atoms with Crippen LogP contribution in [0.4, 0.5) is 0 Å². The third kappa shape index (κ3) is 5.12. The van der Waals surface area contributed by atoms with Crippen molar-refractivity contribution in [3.63, 3.8) is 0 Å². The Kier molecular flexibility index (Phi) is 7.56. The largest absolute Gasteiger partial charge is 0.480 e. The second-order valence-electron chi connectivity index (χ2n) is 9.14. The van der Waals surface area contributed by atoms with Crippen molar-refractivity contribution in [1.29, 1.82) is 0 Å². The van der Waals surface area contributed by atoms with E-state index in [-0.39, 0.29) is 24.4 Å². The molecule has 2 aromatic rings. The number of nitrogens with zero attached hydrogens (tertiary/aromatic N) is 4. The standard InChI is InChI=1S/C25H31ClN4O4/c1-2-3-4-7-19-15-28(16-23(31)29-13-6-5-8-21(29)25(33)34)24(32)22-14-20(27-30(19)22)17-9-11-18(26)12-10-17/h9-12,14,19,21H,2-8,13,15-16H2,1H3,(H,33,34). The number of carboxylic acid groups (broad SMARTS) is 1. The van der Waals surface area contributed by atoms with Gasteiger partial charge in [-0.25, -0.2) is 4.79 Å². The lowest BCUT2D eigenvalue weighted by atomic mass is 10.0. The Morgan fingerprint density at radius 3 is 2.65 bits per heavy atom. The van der Waals surface area contributed by atoms with Gasteiger partial charge in [0.2, 0.25) is 5.91 Å². The van der Waals surface area contributed by atoms with Crippen molar-refractivity contribution in [3.8, 4) is 11.3 Å². The van der Waals surface area contributed by atoms with Crippen LogP contribution in [0.2, 0.25) is 5.02 Å². The molecule has 1 aromatic carbocycles. The number of carbonyl (C=O) groups excluding carboxylic acids is 2. The predicted molar refractivity (Wildman–Crippen MR) is 129 cm³/mol. The molecular weight excluding hydrogens is 456 g/mol. The third-order valence-corrected chi connectivity index (χ3v) is 6.99. The first-order valence-corrected chi connectivity index (χ1v) is 12.4. The van der Waals surface area contributed by atoms with E-state index in [4.69, 9.17) is 16.7 Å². The van der Waals surface area contributed by atoms with Gasteiger partial charge in [0, 0.05) is 23.7 Å². The number of carboxylic acids is 1. The molecule has 0 spiro atoms. The van der Waals surface area contributed by atoms with E-state index in [1.54, 1.807) is 23.1 Å². The van der Waals surface area contributed by atoms with Crippen molar-refractivity contribution in [2.45, 2.75) is 64.0 Å². The van der Waals surface area contributed by atoms with Crippen LogP contribution >= 0.6 is 11.6 Å². The first kappa shape index (κ1) is 24.3. The zero-order valence-electron chi connectivity index (χ0n) is 19.5. The fourth-order valence-electron chi connectivity index (χ4n) is 4.89. The highest BCUT2D eigenvalue weighted by Crippen LogP contribution is 2.30. The molecule has 1 fully saturated rings. The molecule has 8 nitrogen and oxygen atoms in total. The molecule has 1 saturated heterocycles. The summed E-state index contributed by atoms with van der Waals surface area (Å²) < 4.78 is 1.81. The van der Waals surface area contributed by atoms with Crippen molar-refractivity contribution in [2.75, 3.05) is 19.6 Å². The van der Waals surface area contributed by atoms with E-state index >= 15 is 0 Å². The van der Waals surface area contributed by atoms with Crippen LogP contribution in [-0.2, 0) is 9.59 Å². The number of likely N-dealkylation sites (tertiary alicyclic amines) is 1. The van der Waals surface area contributed by atoms with Crippen LogP contribution in [0.25, 0.3) is 11.3 Å². The van der Waals surface area contributed by atoms with Crippen LogP contribution in [0.3, 0.4) is 0 Å². The number of amides is 2. The van der Waals surface area contributed by atoms with E-state index in [1.165, 1.54) is 4.90 Å². The average Bonchev–Trinajstić information content (AvgIpc) is 3.28. The summed E-state index contributed by atoms with van der Waals surface area (Å²) in [5.74, 6) is -1.54. The summed E-state index contributed by atoms with van der Waals surface area (Å²) in [6.45, 7) is 2.82. The summed E-state index contributed by atoms with van der Waals surface area (Å²) in [5, 5.41) is 14.9. The number of aliphatic carboxylic acids is 1. The highest BCUT2D eigenvalue weighted by Gasteiger charge is 2.37. The smallest absolute Gasteiger partial charge is 0.326 e. The molecule has 2 atom stereocenters. The zero-order valence-corrected chi connectivity index (χ0v) is 20.2. The fourth-order valence-corrected chi connectivity index (χ4v) is 5.02. The normalized spacial score (nSPS) is 20.4. The predicted octanol–water partition coefficient (Wildman–Crippen LogP) is 4.25. The van der Waals surface area contributed by atoms with Gasteiger partial charge >= 0.3 is 5.97 Å². The summed E-state index contributed by atoms with van der Waals surface area (Å²) in [5.41, 5.74) is 2.02. The molecular formula is C25H31ClN4O4. The van der Waals surface area contributed by atoms with Gasteiger partial charge in [-0.2, -0.15) is 5.10 Å². The molecule has 2 unspecified atom stereocenters. The number of unbranched alkanes of at least 4 members (excludes halogenated alkanes) is 2. The average molecular weight is 487 g/mol. The molecule has 0 radical (unpaired) electrons. The Morgan fingerprint density at radius 2 is 1.94 bits per heavy atom. The summed E-state index contributed by atoms with van der Waals surface area (Å²) in [4.78, 5) is 41.1. The van der Waals surface area contributed by atoms with E-state index in [1.807, 2.05) is 16.8 Å². The van der Waals surface area contributed by atoms with E-state index in [0.29, 0.717) is 35.9 Å². The minimum atomic E-state index is -0.985. The summed E-state index contributed by atoms with van der Waals surface area (Å²) >= 11 is 6.02. The molecule has 1 aromatic heterocycles. The van der Waals surface area contributed by atoms with Gasteiger partial charge < -0.3 is 14.9 Å². The molecule has 2 aliphatic heterocycles. The minimum Gasteiger partial charge on any atom is -0.480 e. The van der Waals surface area contributed by atoms with Crippen LogP contribution in [0.15, 0.2) is 30.3 Å². The van der Waals surface area contributed by atoms with Crippen molar-refractivity contribution < 1.29 is 19.5 Å². The molecule has 2 amide bonds. The van der Waals surface area contributed by atoms with Gasteiger partial charge in [0.15, 0.2) is 0 Å². The van der Waals surface area contributed by atoms with Gasteiger partial charge in [-0.15, -0.1) is 0 Å².